The number of aryl methyl sites for hydroxylation is 1. The number of benzene rings is 1. The molecule has 0 amide bonds. The highest BCUT2D eigenvalue weighted by molar-refractivity contribution is 6.31. The third kappa shape index (κ3) is 2.63. The molecule has 9 heteroatoms. The maximum absolute atomic E-state index is 13.0. The van der Waals surface area contributed by atoms with Gasteiger partial charge < -0.3 is 14.2 Å². The van der Waals surface area contributed by atoms with Gasteiger partial charge in [-0.15, -0.1) is 0 Å². The quantitative estimate of drug-likeness (QED) is 0.671. The van der Waals surface area contributed by atoms with Crippen LogP contribution in [0.5, 0.6) is 5.75 Å². The van der Waals surface area contributed by atoms with Crippen LogP contribution in [-0.2, 0) is 20.1 Å². The number of methoxy groups -OCH3 is 1. The van der Waals surface area contributed by atoms with E-state index in [0.717, 1.165) is 5.69 Å². The third-order valence-electron chi connectivity index (χ3n) is 5.19. The van der Waals surface area contributed by atoms with E-state index in [1.165, 1.54) is 9.13 Å². The Labute approximate surface area is 166 Å². The summed E-state index contributed by atoms with van der Waals surface area (Å²) in [5.74, 6) is 1.52. The summed E-state index contributed by atoms with van der Waals surface area (Å²) in [6.07, 6.45) is 0. The number of aromatic nitrogens is 4. The molecule has 8 nitrogen and oxygen atoms in total. The monoisotopic (exact) mass is 403 g/mol. The van der Waals surface area contributed by atoms with Crippen LogP contribution in [0.25, 0.3) is 11.2 Å². The van der Waals surface area contributed by atoms with Crippen molar-refractivity contribution in [3.8, 4) is 5.75 Å². The number of hydrogen-bond donors (Lipinski definition) is 0. The Balaban J connectivity index is 2.05. The highest BCUT2D eigenvalue weighted by Crippen LogP contribution is 2.39. The Kier molecular flexibility index (Phi) is 4.45. The fourth-order valence-electron chi connectivity index (χ4n) is 3.86. The first kappa shape index (κ1) is 18.6. The number of hydrogen-bond acceptors (Lipinski definition) is 5. The molecule has 0 unspecified atom stereocenters. The number of nitrogens with zero attached hydrogens (tertiary/aromatic N) is 5. The van der Waals surface area contributed by atoms with Crippen molar-refractivity contribution in [2.45, 2.75) is 26.9 Å². The minimum absolute atomic E-state index is 0.250. The molecule has 3 heterocycles. The Hall–Kier alpha value is -2.74. The lowest BCUT2D eigenvalue weighted by Gasteiger charge is -2.33. The fraction of sp³-hybridized carbons (Fsp3) is 0.421. The van der Waals surface area contributed by atoms with Gasteiger partial charge in [-0.25, -0.2) is 4.79 Å². The van der Waals surface area contributed by atoms with E-state index in [0.29, 0.717) is 47.5 Å². The molecule has 1 atom stereocenters. The molecule has 28 heavy (non-hydrogen) atoms. The second-order valence-electron chi connectivity index (χ2n) is 7.12. The summed E-state index contributed by atoms with van der Waals surface area (Å²) in [7, 11) is 3.25. The first-order valence-corrected chi connectivity index (χ1v) is 9.56. The maximum Gasteiger partial charge on any atom is 0.332 e. The van der Waals surface area contributed by atoms with Gasteiger partial charge in [0.2, 0.25) is 5.95 Å². The predicted molar refractivity (Wildman–Crippen MR) is 109 cm³/mol. The van der Waals surface area contributed by atoms with Crippen LogP contribution in [0.3, 0.4) is 0 Å². The standard InChI is InChI=1S/C19H22ClN5O3/c1-5-23-17(26)15-16(22(3)19(23)27)21-18-24(9-11(2)10-25(15)18)13-8-12(20)6-7-14(13)28-4/h6-8,11H,5,9-10H2,1-4H3/t11-/m0/s1. The fourth-order valence-corrected chi connectivity index (χ4v) is 4.03. The molecule has 0 fully saturated rings. The largest absolute Gasteiger partial charge is 0.495 e. The van der Waals surface area contributed by atoms with Gasteiger partial charge in [-0.1, -0.05) is 18.5 Å². The Bertz CT molecular complexity index is 1190. The minimum atomic E-state index is -0.365. The third-order valence-corrected chi connectivity index (χ3v) is 5.43. The maximum atomic E-state index is 13.0. The molecule has 148 valence electrons. The van der Waals surface area contributed by atoms with Crippen molar-refractivity contribution in [1.82, 2.24) is 18.7 Å². The van der Waals surface area contributed by atoms with Crippen molar-refractivity contribution in [2.24, 2.45) is 13.0 Å². The molecule has 1 aliphatic heterocycles. The van der Waals surface area contributed by atoms with E-state index >= 15 is 0 Å². The van der Waals surface area contributed by atoms with Crippen LogP contribution < -0.4 is 20.9 Å². The van der Waals surface area contributed by atoms with E-state index in [1.54, 1.807) is 27.1 Å². The summed E-state index contributed by atoms with van der Waals surface area (Å²) in [6, 6.07) is 5.40. The molecular weight excluding hydrogens is 382 g/mol. The van der Waals surface area contributed by atoms with E-state index in [1.807, 2.05) is 21.6 Å². The number of rotatable bonds is 3. The summed E-state index contributed by atoms with van der Waals surface area (Å²) in [4.78, 5) is 32.2. The summed E-state index contributed by atoms with van der Waals surface area (Å²) >= 11 is 6.24. The molecule has 3 aromatic rings. The zero-order chi connectivity index (χ0) is 20.2. The van der Waals surface area contributed by atoms with Crippen LogP contribution in [0.2, 0.25) is 5.02 Å². The van der Waals surface area contributed by atoms with Gasteiger partial charge in [-0.3, -0.25) is 13.9 Å². The molecule has 4 rings (SSSR count). The summed E-state index contributed by atoms with van der Waals surface area (Å²) < 4.78 is 10.1. The average molecular weight is 404 g/mol. The number of fused-ring (bicyclic) bond motifs is 3. The smallest absolute Gasteiger partial charge is 0.332 e. The van der Waals surface area contributed by atoms with Gasteiger partial charge in [-0.05, 0) is 31.0 Å². The van der Waals surface area contributed by atoms with Gasteiger partial charge >= 0.3 is 5.69 Å². The van der Waals surface area contributed by atoms with Crippen LogP contribution in [0, 0.1) is 5.92 Å². The minimum Gasteiger partial charge on any atom is -0.495 e. The van der Waals surface area contributed by atoms with Gasteiger partial charge in [-0.2, -0.15) is 4.98 Å². The molecule has 0 N–H and O–H groups in total. The van der Waals surface area contributed by atoms with E-state index in [2.05, 4.69) is 11.9 Å². The lowest BCUT2D eigenvalue weighted by molar-refractivity contribution is 0.409. The molecule has 2 aromatic heterocycles. The first-order valence-electron chi connectivity index (χ1n) is 9.18. The number of halogens is 1. The zero-order valence-corrected chi connectivity index (χ0v) is 17.0. The molecule has 0 aliphatic carbocycles. The molecule has 0 radical (unpaired) electrons. The first-order chi connectivity index (χ1) is 13.4. The van der Waals surface area contributed by atoms with Gasteiger partial charge in [0, 0.05) is 31.7 Å². The van der Waals surface area contributed by atoms with Gasteiger partial charge in [0.15, 0.2) is 11.2 Å². The van der Waals surface area contributed by atoms with Crippen LogP contribution in [0.4, 0.5) is 11.6 Å². The van der Waals surface area contributed by atoms with Gasteiger partial charge in [0.05, 0.1) is 12.8 Å². The van der Waals surface area contributed by atoms with Crippen molar-refractivity contribution in [3.05, 3.63) is 44.1 Å². The highest BCUT2D eigenvalue weighted by Gasteiger charge is 2.31. The molecule has 1 aliphatic rings. The lowest BCUT2D eigenvalue weighted by Crippen LogP contribution is -2.40. The van der Waals surface area contributed by atoms with Crippen LogP contribution in [0.1, 0.15) is 13.8 Å². The SMILES string of the molecule is CCn1c(=O)c2c(nc3n2C[C@@H](C)CN3c2cc(Cl)ccc2OC)n(C)c1=O. The van der Waals surface area contributed by atoms with Crippen LogP contribution in [-0.4, -0.2) is 32.3 Å². The molecule has 0 spiro atoms. The van der Waals surface area contributed by atoms with E-state index < -0.39 is 0 Å². The summed E-state index contributed by atoms with van der Waals surface area (Å²) in [5, 5.41) is 0.581. The number of anilines is 2. The predicted octanol–water partition coefficient (Wildman–Crippen LogP) is 2.37. The summed E-state index contributed by atoms with van der Waals surface area (Å²) in [5.41, 5.74) is 0.923. The van der Waals surface area contributed by atoms with E-state index in [-0.39, 0.29) is 17.2 Å². The second-order valence-corrected chi connectivity index (χ2v) is 7.55. The Morgan fingerprint density at radius 3 is 2.71 bits per heavy atom. The lowest BCUT2D eigenvalue weighted by atomic mass is 10.1. The van der Waals surface area contributed by atoms with Crippen molar-refractivity contribution in [1.29, 1.82) is 0 Å². The molecule has 0 saturated carbocycles. The normalized spacial score (nSPS) is 16.5. The molecule has 0 bridgehead atoms. The van der Waals surface area contributed by atoms with Crippen molar-refractivity contribution < 1.29 is 4.74 Å². The number of ether oxygens (including phenoxy) is 1. The topological polar surface area (TPSA) is 74.3 Å². The van der Waals surface area contributed by atoms with E-state index in [4.69, 9.17) is 16.3 Å². The Morgan fingerprint density at radius 2 is 2.04 bits per heavy atom. The van der Waals surface area contributed by atoms with Crippen LogP contribution in [0.15, 0.2) is 27.8 Å². The van der Waals surface area contributed by atoms with Crippen molar-refractivity contribution >= 4 is 34.4 Å². The van der Waals surface area contributed by atoms with Gasteiger partial charge in [0.1, 0.15) is 5.75 Å². The summed E-state index contributed by atoms with van der Waals surface area (Å²) in [6.45, 7) is 5.54. The highest BCUT2D eigenvalue weighted by atomic mass is 35.5. The number of imidazole rings is 1. The molecule has 0 saturated heterocycles. The van der Waals surface area contributed by atoms with E-state index in [9.17, 15) is 9.59 Å². The molecule has 1 aromatic carbocycles. The van der Waals surface area contributed by atoms with Crippen LogP contribution >= 0.6 is 11.6 Å². The van der Waals surface area contributed by atoms with Crippen molar-refractivity contribution in [3.63, 3.8) is 0 Å². The zero-order valence-electron chi connectivity index (χ0n) is 16.3. The van der Waals surface area contributed by atoms with Gasteiger partial charge in [0.25, 0.3) is 5.56 Å². The average Bonchev–Trinajstić information content (AvgIpc) is 3.05. The second kappa shape index (κ2) is 6.70. The van der Waals surface area contributed by atoms with Crippen molar-refractivity contribution in [2.75, 3.05) is 18.6 Å². The Morgan fingerprint density at radius 1 is 1.29 bits per heavy atom. The molecular formula is C19H22ClN5O3.